The van der Waals surface area contributed by atoms with Gasteiger partial charge >= 0.3 is 0 Å². The van der Waals surface area contributed by atoms with Crippen molar-refractivity contribution in [3.8, 4) is 28.3 Å². The molecule has 18 nitrogen and oxygen atoms in total. The number of nitrogens with one attached hydrogen (secondary N) is 1. The van der Waals surface area contributed by atoms with Crippen LogP contribution in [0.25, 0.3) is 66.4 Å². The number of aromatic nitrogens is 12. The van der Waals surface area contributed by atoms with Crippen LogP contribution in [0.5, 0.6) is 5.75 Å². The molecule has 2 unspecified atom stereocenters. The molecule has 0 amide bonds. The molecule has 9 aromatic rings. The Morgan fingerprint density at radius 2 is 1.20 bits per heavy atom. The summed E-state index contributed by atoms with van der Waals surface area (Å²) in [5.74, 6) is 2.86. The number of methoxy groups -OCH3 is 1. The van der Waals surface area contributed by atoms with Crippen LogP contribution in [0.2, 0.25) is 10.0 Å². The van der Waals surface area contributed by atoms with Crippen molar-refractivity contribution < 1.29 is 4.74 Å². The second-order valence-corrected chi connectivity index (χ2v) is 20.9. The van der Waals surface area contributed by atoms with E-state index in [1.807, 2.05) is 86.7 Å². The molecule has 4 fully saturated rings. The topological polar surface area (TPSA) is 194 Å². The molecule has 0 radical (unpaired) electrons. The summed E-state index contributed by atoms with van der Waals surface area (Å²) in [5, 5.41) is 24.9. The summed E-state index contributed by atoms with van der Waals surface area (Å²) in [6, 6.07) is 17.2. The summed E-state index contributed by atoms with van der Waals surface area (Å²) in [7, 11) is 8.98. The van der Waals surface area contributed by atoms with E-state index in [1.165, 1.54) is 0 Å². The number of nitrogens with zero attached hydrogens (tertiary/aromatic N) is 13. The second-order valence-electron chi connectivity index (χ2n) is 20.1. The number of hydrogen-bond donors (Lipinski definition) is 2. The molecule has 4 bridgehead atoms. The fraction of sp³-hybridized carbons (Fsp3) is 0.412. The quantitative estimate of drug-likeness (QED) is 0.160. The lowest BCUT2D eigenvalue weighted by Gasteiger charge is -2.39. The third-order valence-electron chi connectivity index (χ3n) is 15.4. The molecule has 20 heteroatoms. The fourth-order valence-electron chi connectivity index (χ4n) is 12.2. The summed E-state index contributed by atoms with van der Waals surface area (Å²) >= 11 is 13.7. The highest BCUT2D eigenvalue weighted by atomic mass is 35.5. The summed E-state index contributed by atoms with van der Waals surface area (Å²) in [4.78, 5) is 42.2. The molecule has 366 valence electrons. The molecule has 3 N–H and O–H groups in total. The normalized spacial score (nSPS) is 21.8. The number of aryl methyl sites for hydroxylation is 2. The average Bonchev–Trinajstić information content (AvgIpc) is 4.20. The highest BCUT2D eigenvalue weighted by Gasteiger charge is 2.43. The summed E-state index contributed by atoms with van der Waals surface area (Å²) in [6.45, 7) is 2.77. The first-order valence-corrected chi connectivity index (χ1v) is 25.1. The highest BCUT2D eigenvalue weighted by Crippen LogP contribution is 2.43. The van der Waals surface area contributed by atoms with Gasteiger partial charge in [0, 0.05) is 92.7 Å². The molecule has 4 aliphatic rings. The molecule has 13 rings (SSSR count). The maximum atomic E-state index is 14.2. The molecule has 71 heavy (non-hydrogen) atoms. The lowest BCUT2D eigenvalue weighted by Crippen LogP contribution is -2.49. The smallest absolute Gasteiger partial charge is 0.266 e. The van der Waals surface area contributed by atoms with Gasteiger partial charge in [0.1, 0.15) is 16.5 Å². The van der Waals surface area contributed by atoms with Crippen molar-refractivity contribution in [3.05, 3.63) is 97.2 Å². The Bertz CT molecular complexity index is 3670. The Morgan fingerprint density at radius 1 is 0.676 bits per heavy atom. The molecule has 0 spiro atoms. The number of hydrogen-bond acceptors (Lipinski definition) is 12. The first-order chi connectivity index (χ1) is 34.2. The van der Waals surface area contributed by atoms with E-state index in [0.717, 1.165) is 90.0 Å². The van der Waals surface area contributed by atoms with Crippen molar-refractivity contribution in [1.82, 2.24) is 58.6 Å². The van der Waals surface area contributed by atoms with Crippen LogP contribution >= 0.6 is 23.2 Å². The van der Waals surface area contributed by atoms with Gasteiger partial charge in [0.2, 0.25) is 11.9 Å². The van der Waals surface area contributed by atoms with E-state index in [1.54, 1.807) is 32.7 Å². The number of nitrogens with two attached hydrogens (primary N) is 1. The summed E-state index contributed by atoms with van der Waals surface area (Å²) < 4.78 is 14.0. The van der Waals surface area contributed by atoms with Gasteiger partial charge in [-0.15, -0.1) is 0 Å². The number of H-pyrrole nitrogens is 1. The Labute approximate surface area is 417 Å². The summed E-state index contributed by atoms with van der Waals surface area (Å²) in [5.41, 5.74) is 12.1. The van der Waals surface area contributed by atoms with Gasteiger partial charge in [-0.25, -0.2) is 0 Å². The Hall–Kier alpha value is -6.76. The number of ether oxygens (including phenoxy) is 1. The first-order valence-electron chi connectivity index (χ1n) is 24.4. The van der Waals surface area contributed by atoms with Gasteiger partial charge in [0.05, 0.1) is 46.1 Å². The number of piperidine rings is 2. The van der Waals surface area contributed by atoms with Crippen molar-refractivity contribution >= 4 is 79.0 Å². The number of aromatic amines is 1. The van der Waals surface area contributed by atoms with Crippen molar-refractivity contribution in [2.24, 2.45) is 39.8 Å². The van der Waals surface area contributed by atoms with Crippen molar-refractivity contribution in [2.75, 3.05) is 16.9 Å². The van der Waals surface area contributed by atoms with Crippen LogP contribution in [-0.4, -0.2) is 96.0 Å². The van der Waals surface area contributed by atoms with E-state index in [0.29, 0.717) is 97.6 Å². The third-order valence-corrected chi connectivity index (χ3v) is 16.2. The average molecular weight is 997 g/mol. The number of anilines is 2. The van der Waals surface area contributed by atoms with Crippen LogP contribution < -0.4 is 31.4 Å². The molecule has 0 aliphatic carbocycles. The van der Waals surface area contributed by atoms with E-state index < -0.39 is 0 Å². The standard InChI is InChI=1S/C30H32ClN7O2.C21H23ClN8O/c1-17-13-19-7-8-20(14-17)38(19)30-32-28-25(29(39)36(30)3)27(22-11-12-24-23(26(22)31)16-35(2)33-24)37(34-28)15-18-5-9-21(40-4)10-6-18;1-28-9-14-15(27-28)6-5-13(17(14)22)18-16-19(26-25-18)24-21(29(2)20(16)31)30-11-3-4-12(30)8-10(23)7-11/h5-6,9-12,16-17,19-20H,7-8,13-15H2,1-4H3;5-6,9-12H,3-4,7-8,23H2,1-2H3,(H,25,26)/t17?,19-,20+;10?,11-,12+. The van der Waals surface area contributed by atoms with E-state index in [4.69, 9.17) is 48.7 Å². The Morgan fingerprint density at radius 3 is 1.77 bits per heavy atom. The molecule has 0 saturated carbocycles. The molecule has 6 aromatic heterocycles. The lowest BCUT2D eigenvalue weighted by atomic mass is 9.93. The van der Waals surface area contributed by atoms with Crippen LogP contribution in [0.1, 0.15) is 63.9 Å². The van der Waals surface area contributed by atoms with E-state index in [2.05, 4.69) is 37.1 Å². The van der Waals surface area contributed by atoms with Gasteiger partial charge in [-0.2, -0.15) is 30.4 Å². The van der Waals surface area contributed by atoms with Gasteiger partial charge in [0.25, 0.3) is 11.1 Å². The van der Waals surface area contributed by atoms with Crippen molar-refractivity contribution in [2.45, 2.75) is 95.0 Å². The number of fused-ring (bicyclic) bond motifs is 8. The second kappa shape index (κ2) is 17.2. The monoisotopic (exact) mass is 995 g/mol. The third kappa shape index (κ3) is 7.47. The number of benzene rings is 3. The Kier molecular flexibility index (Phi) is 11.0. The van der Waals surface area contributed by atoms with Crippen LogP contribution in [0.4, 0.5) is 11.9 Å². The lowest BCUT2D eigenvalue weighted by molar-refractivity contribution is 0.356. The molecule has 6 atom stereocenters. The zero-order valence-electron chi connectivity index (χ0n) is 40.5. The highest BCUT2D eigenvalue weighted by molar-refractivity contribution is 6.39. The molecule has 4 aliphatic heterocycles. The fourth-order valence-corrected chi connectivity index (χ4v) is 12.8. The summed E-state index contributed by atoms with van der Waals surface area (Å²) in [6.07, 6.45) is 12.3. The van der Waals surface area contributed by atoms with Crippen molar-refractivity contribution in [1.29, 1.82) is 0 Å². The van der Waals surface area contributed by atoms with Crippen LogP contribution in [0, 0.1) is 5.92 Å². The minimum atomic E-state index is -0.139. The van der Waals surface area contributed by atoms with E-state index in [-0.39, 0.29) is 17.2 Å². The zero-order chi connectivity index (χ0) is 49.1. The maximum Gasteiger partial charge on any atom is 0.266 e. The molecular formula is C51H55Cl2N15O3. The van der Waals surface area contributed by atoms with Gasteiger partial charge in [-0.3, -0.25) is 37.9 Å². The molecule has 3 aromatic carbocycles. The van der Waals surface area contributed by atoms with Crippen LogP contribution in [0.15, 0.2) is 70.5 Å². The van der Waals surface area contributed by atoms with Gasteiger partial charge < -0.3 is 20.3 Å². The predicted molar refractivity (Wildman–Crippen MR) is 278 cm³/mol. The van der Waals surface area contributed by atoms with Crippen molar-refractivity contribution in [3.63, 3.8) is 0 Å². The van der Waals surface area contributed by atoms with Gasteiger partial charge in [0.15, 0.2) is 11.3 Å². The number of halogens is 2. The predicted octanol–water partition coefficient (Wildman–Crippen LogP) is 7.48. The van der Waals surface area contributed by atoms with Gasteiger partial charge in [-0.05, 0) is 99.2 Å². The number of rotatable bonds is 7. The van der Waals surface area contributed by atoms with E-state index >= 15 is 0 Å². The van der Waals surface area contributed by atoms with Crippen LogP contribution in [0.3, 0.4) is 0 Å². The van der Waals surface area contributed by atoms with Crippen LogP contribution in [-0.2, 0) is 34.7 Å². The largest absolute Gasteiger partial charge is 0.497 e. The first kappa shape index (κ1) is 45.4. The van der Waals surface area contributed by atoms with E-state index in [9.17, 15) is 9.59 Å². The van der Waals surface area contributed by atoms with Gasteiger partial charge in [-0.1, -0.05) is 42.3 Å². The molecular weight excluding hydrogens is 942 g/mol. The SMILES string of the molecule is COc1ccc(Cn2nc3nc(N4[C@@H]5CC[C@H]4CC(C)C5)n(C)c(=O)c3c2-c2ccc3nn(C)cc3c2Cl)cc1.Cn1cc2c(Cl)c(-c3[nH]nc4nc(N5[C@@H]6CC[C@H]5CC(N)C6)n(C)c(=O)c34)ccc2n1. The Balaban J connectivity index is 0.000000150. The minimum absolute atomic E-state index is 0.114. The molecule has 4 saturated heterocycles. The minimum Gasteiger partial charge on any atom is -0.497 e. The zero-order valence-corrected chi connectivity index (χ0v) is 42.0. The molecule has 10 heterocycles. The maximum absolute atomic E-state index is 14.2.